The summed E-state index contributed by atoms with van der Waals surface area (Å²) in [6.45, 7) is 6.06. The van der Waals surface area contributed by atoms with Gasteiger partial charge in [0, 0.05) is 6.04 Å². The zero-order chi connectivity index (χ0) is 15.5. The van der Waals surface area contributed by atoms with Gasteiger partial charge in [-0.25, -0.2) is 4.79 Å². The second-order valence-electron chi connectivity index (χ2n) is 6.41. The summed E-state index contributed by atoms with van der Waals surface area (Å²) in [4.78, 5) is 12.5. The average Bonchev–Trinajstić information content (AvgIpc) is 2.49. The molecule has 1 aromatic rings. The van der Waals surface area contributed by atoms with Crippen LogP contribution in [0.2, 0.25) is 0 Å². The van der Waals surface area contributed by atoms with E-state index >= 15 is 0 Å². The van der Waals surface area contributed by atoms with Gasteiger partial charge in [0.15, 0.2) is 0 Å². The van der Waals surface area contributed by atoms with Crippen molar-refractivity contribution in [2.75, 3.05) is 7.11 Å². The lowest BCUT2D eigenvalue weighted by molar-refractivity contribution is -0.149. The molecule has 0 spiro atoms. The minimum absolute atomic E-state index is 0.207. The molecule has 1 aromatic carbocycles. The van der Waals surface area contributed by atoms with Crippen LogP contribution in [0.1, 0.15) is 55.7 Å². The maximum Gasteiger partial charge on any atom is 0.330 e. The van der Waals surface area contributed by atoms with Crippen molar-refractivity contribution in [1.82, 2.24) is 5.32 Å². The number of carbonyl (C=O) groups is 1. The highest BCUT2D eigenvalue weighted by molar-refractivity contribution is 5.82. The molecule has 1 aliphatic rings. The number of nitrogens with one attached hydrogen (secondary N) is 1. The van der Waals surface area contributed by atoms with E-state index < -0.39 is 5.54 Å². The molecular formula is C18H27NO2. The molecule has 1 aliphatic carbocycles. The Kier molecular flexibility index (Phi) is 5.04. The van der Waals surface area contributed by atoms with Gasteiger partial charge in [-0.3, -0.25) is 5.32 Å². The Morgan fingerprint density at radius 2 is 1.90 bits per heavy atom. The molecule has 3 nitrogen and oxygen atoms in total. The van der Waals surface area contributed by atoms with Crippen molar-refractivity contribution in [1.29, 1.82) is 0 Å². The summed E-state index contributed by atoms with van der Waals surface area (Å²) in [6, 6.07) is 6.65. The summed E-state index contributed by atoms with van der Waals surface area (Å²) in [6.07, 6.45) is 6.05. The summed E-state index contributed by atoms with van der Waals surface area (Å²) in [5.74, 6) is -0.207. The van der Waals surface area contributed by atoms with E-state index in [0.29, 0.717) is 6.04 Å². The molecule has 3 heteroatoms. The molecule has 0 radical (unpaired) electrons. The molecular weight excluding hydrogens is 262 g/mol. The summed E-state index contributed by atoms with van der Waals surface area (Å²) in [5.41, 5.74) is 2.54. The molecule has 0 bridgehead atoms. The second-order valence-corrected chi connectivity index (χ2v) is 6.41. The van der Waals surface area contributed by atoms with Crippen LogP contribution >= 0.6 is 0 Å². The lowest BCUT2D eigenvalue weighted by Crippen LogP contribution is -2.52. The van der Waals surface area contributed by atoms with Gasteiger partial charge in [0.25, 0.3) is 0 Å². The molecule has 2 rings (SSSR count). The molecule has 1 saturated carbocycles. The fourth-order valence-corrected chi connectivity index (χ4v) is 3.38. The highest BCUT2D eigenvalue weighted by Crippen LogP contribution is 2.30. The molecule has 1 atom stereocenters. The van der Waals surface area contributed by atoms with Crippen LogP contribution in [0.25, 0.3) is 0 Å². The smallest absolute Gasteiger partial charge is 0.330 e. The van der Waals surface area contributed by atoms with Crippen LogP contribution in [0.5, 0.6) is 0 Å². The number of esters is 1. The Morgan fingerprint density at radius 1 is 1.24 bits per heavy atom. The molecule has 1 fully saturated rings. The van der Waals surface area contributed by atoms with Gasteiger partial charge < -0.3 is 4.74 Å². The Hall–Kier alpha value is -1.35. The molecule has 1 N–H and O–H groups in total. The number of rotatable bonds is 4. The molecule has 0 saturated heterocycles. The zero-order valence-electron chi connectivity index (χ0n) is 13.7. The van der Waals surface area contributed by atoms with Gasteiger partial charge in [0.2, 0.25) is 0 Å². The molecule has 0 heterocycles. The third-order valence-corrected chi connectivity index (χ3v) is 4.62. The summed E-state index contributed by atoms with van der Waals surface area (Å²) < 4.78 is 5.10. The van der Waals surface area contributed by atoms with Gasteiger partial charge >= 0.3 is 5.97 Å². The van der Waals surface area contributed by atoms with Gasteiger partial charge in [-0.05, 0) is 44.7 Å². The van der Waals surface area contributed by atoms with Gasteiger partial charge in [-0.1, -0.05) is 43.0 Å². The number of hydrogen-bond acceptors (Lipinski definition) is 3. The van der Waals surface area contributed by atoms with Crippen LogP contribution in [0.3, 0.4) is 0 Å². The first-order valence-corrected chi connectivity index (χ1v) is 7.91. The Balaban J connectivity index is 2.35. The first-order chi connectivity index (χ1) is 9.97. The van der Waals surface area contributed by atoms with Crippen molar-refractivity contribution in [2.24, 2.45) is 0 Å². The largest absolute Gasteiger partial charge is 0.467 e. The monoisotopic (exact) mass is 289 g/mol. The van der Waals surface area contributed by atoms with E-state index in [9.17, 15) is 4.79 Å². The molecule has 116 valence electrons. The van der Waals surface area contributed by atoms with E-state index in [0.717, 1.165) is 29.5 Å². The quantitative estimate of drug-likeness (QED) is 0.860. The summed E-state index contributed by atoms with van der Waals surface area (Å²) in [7, 11) is 1.47. The standard InChI is InChI=1S/C18H27NO2/c1-13-10-11-14(2)16(12-13)18(3,17(20)21-4)19-15-8-6-5-7-9-15/h10-12,15,19H,5-9H2,1-4H3. The number of aryl methyl sites for hydroxylation is 2. The molecule has 1 unspecified atom stereocenters. The van der Waals surface area contributed by atoms with E-state index in [1.54, 1.807) is 0 Å². The van der Waals surface area contributed by atoms with Crippen LogP contribution in [0.15, 0.2) is 18.2 Å². The SMILES string of the molecule is COC(=O)C(C)(NC1CCCCC1)c1cc(C)ccc1C. The first-order valence-electron chi connectivity index (χ1n) is 7.91. The van der Waals surface area contributed by atoms with Crippen molar-refractivity contribution < 1.29 is 9.53 Å². The minimum Gasteiger partial charge on any atom is -0.467 e. The van der Waals surface area contributed by atoms with Crippen molar-refractivity contribution in [3.05, 3.63) is 34.9 Å². The van der Waals surface area contributed by atoms with Crippen molar-refractivity contribution in [3.8, 4) is 0 Å². The Labute approximate surface area is 128 Å². The Morgan fingerprint density at radius 3 is 2.52 bits per heavy atom. The molecule has 0 amide bonds. The number of benzene rings is 1. The maximum absolute atomic E-state index is 12.5. The number of carbonyl (C=O) groups excluding carboxylic acids is 1. The number of hydrogen-bond donors (Lipinski definition) is 1. The van der Waals surface area contributed by atoms with Crippen LogP contribution < -0.4 is 5.32 Å². The van der Waals surface area contributed by atoms with Crippen molar-refractivity contribution in [2.45, 2.75) is 64.5 Å². The van der Waals surface area contributed by atoms with Crippen molar-refractivity contribution >= 4 is 5.97 Å². The first kappa shape index (κ1) is 16.0. The Bertz CT molecular complexity index is 506. The van der Waals surface area contributed by atoms with E-state index in [-0.39, 0.29) is 5.97 Å². The van der Waals surface area contributed by atoms with Crippen molar-refractivity contribution in [3.63, 3.8) is 0 Å². The third-order valence-electron chi connectivity index (χ3n) is 4.62. The van der Waals surface area contributed by atoms with Gasteiger partial charge in [-0.2, -0.15) is 0 Å². The fourth-order valence-electron chi connectivity index (χ4n) is 3.38. The lowest BCUT2D eigenvalue weighted by Gasteiger charge is -2.36. The molecule has 21 heavy (non-hydrogen) atoms. The highest BCUT2D eigenvalue weighted by atomic mass is 16.5. The predicted molar refractivity (Wildman–Crippen MR) is 85.3 cm³/mol. The summed E-state index contributed by atoms with van der Waals surface area (Å²) in [5, 5.41) is 3.59. The minimum atomic E-state index is -0.771. The molecule has 0 aliphatic heterocycles. The molecule has 0 aromatic heterocycles. The van der Waals surface area contributed by atoms with E-state index in [1.165, 1.54) is 26.4 Å². The third kappa shape index (κ3) is 3.46. The van der Waals surface area contributed by atoms with Gasteiger partial charge in [0.05, 0.1) is 7.11 Å². The average molecular weight is 289 g/mol. The van der Waals surface area contributed by atoms with Crippen LogP contribution in [-0.2, 0) is 15.1 Å². The number of ether oxygens (including phenoxy) is 1. The topological polar surface area (TPSA) is 38.3 Å². The van der Waals surface area contributed by atoms with E-state index in [2.05, 4.69) is 37.4 Å². The van der Waals surface area contributed by atoms with Crippen LogP contribution in [-0.4, -0.2) is 19.1 Å². The maximum atomic E-state index is 12.5. The van der Waals surface area contributed by atoms with Gasteiger partial charge in [0.1, 0.15) is 5.54 Å². The van der Waals surface area contributed by atoms with E-state index in [1.807, 2.05) is 6.92 Å². The highest BCUT2D eigenvalue weighted by Gasteiger charge is 2.39. The van der Waals surface area contributed by atoms with Crippen LogP contribution in [0, 0.1) is 13.8 Å². The normalized spacial score (nSPS) is 19.0. The second kappa shape index (κ2) is 6.61. The van der Waals surface area contributed by atoms with Gasteiger partial charge in [-0.15, -0.1) is 0 Å². The predicted octanol–water partition coefficient (Wildman–Crippen LogP) is 3.61. The van der Waals surface area contributed by atoms with Crippen LogP contribution in [0.4, 0.5) is 0 Å². The number of methoxy groups -OCH3 is 1. The van der Waals surface area contributed by atoms with E-state index in [4.69, 9.17) is 4.74 Å². The fraction of sp³-hybridized carbons (Fsp3) is 0.611. The lowest BCUT2D eigenvalue weighted by atomic mass is 9.84. The summed E-state index contributed by atoms with van der Waals surface area (Å²) >= 11 is 0. The zero-order valence-corrected chi connectivity index (χ0v) is 13.7.